The molecule has 2 unspecified atom stereocenters. The Hall–Kier alpha value is -3.32. The predicted molar refractivity (Wildman–Crippen MR) is 117 cm³/mol. The Balaban J connectivity index is 1.38. The van der Waals surface area contributed by atoms with Gasteiger partial charge in [0.25, 0.3) is 0 Å². The van der Waals surface area contributed by atoms with Crippen LogP contribution in [0.15, 0.2) is 72.8 Å². The van der Waals surface area contributed by atoms with E-state index in [0.717, 1.165) is 28.3 Å². The first-order valence-electron chi connectivity index (χ1n) is 10.8. The lowest BCUT2D eigenvalue weighted by Crippen LogP contribution is -2.34. The molecule has 170 valence electrons. The number of hydrogen-bond donors (Lipinski definition) is 1. The van der Waals surface area contributed by atoms with Crippen LogP contribution >= 0.6 is 0 Å². The number of benzene rings is 3. The minimum atomic E-state index is -4.56. The number of carbonyl (C=O) groups excluding carboxylic acids is 1. The van der Waals surface area contributed by atoms with Gasteiger partial charge in [-0.25, -0.2) is 4.79 Å². The Kier molecular flexibility index (Phi) is 5.37. The number of halogens is 3. The lowest BCUT2D eigenvalue weighted by Gasteiger charge is -2.27. The van der Waals surface area contributed by atoms with Gasteiger partial charge in [-0.3, -0.25) is 4.90 Å². The Morgan fingerprint density at radius 3 is 2.06 bits per heavy atom. The number of likely N-dealkylation sites (tertiary alicyclic amines) is 1. The number of aliphatic hydroxyl groups excluding tert-OH is 1. The number of ether oxygens (including phenoxy) is 1. The summed E-state index contributed by atoms with van der Waals surface area (Å²) in [5.74, 6) is -0.158. The standard InChI is InChI=1S/C26H22F3NO3/c27-26(28,29)23-12-6-5-11-21(23)24-13-16(31)14-30(24)25(32)33-15-22-19-9-3-1-7-17(19)18-8-2-4-10-20(18)22/h1-12,16,22,24,31H,13-15H2. The molecule has 3 aromatic rings. The summed E-state index contributed by atoms with van der Waals surface area (Å²) in [4.78, 5) is 14.2. The molecule has 0 saturated carbocycles. The second-order valence-corrected chi connectivity index (χ2v) is 8.45. The van der Waals surface area contributed by atoms with E-state index in [-0.39, 0.29) is 31.1 Å². The van der Waals surface area contributed by atoms with Crippen LogP contribution in [0, 0.1) is 0 Å². The van der Waals surface area contributed by atoms with Gasteiger partial charge in [0, 0.05) is 5.92 Å². The third-order valence-corrected chi connectivity index (χ3v) is 6.47. The molecule has 0 bridgehead atoms. The molecule has 0 radical (unpaired) electrons. The van der Waals surface area contributed by atoms with Gasteiger partial charge in [-0.2, -0.15) is 13.2 Å². The third-order valence-electron chi connectivity index (χ3n) is 6.47. The number of nitrogens with zero attached hydrogens (tertiary/aromatic N) is 1. The number of rotatable bonds is 3. The summed E-state index contributed by atoms with van der Waals surface area (Å²) in [7, 11) is 0. The van der Waals surface area contributed by atoms with E-state index >= 15 is 0 Å². The van der Waals surface area contributed by atoms with E-state index in [0.29, 0.717) is 0 Å². The van der Waals surface area contributed by atoms with Crippen LogP contribution in [-0.2, 0) is 10.9 Å². The normalized spacial score (nSPS) is 19.9. The van der Waals surface area contributed by atoms with Crippen LogP contribution in [0.2, 0.25) is 0 Å². The number of hydrogen-bond acceptors (Lipinski definition) is 3. The van der Waals surface area contributed by atoms with Crippen molar-refractivity contribution in [1.82, 2.24) is 4.90 Å². The van der Waals surface area contributed by atoms with Crippen LogP contribution in [-0.4, -0.2) is 35.4 Å². The fourth-order valence-corrected chi connectivity index (χ4v) is 5.03. The molecule has 2 atom stereocenters. The molecule has 33 heavy (non-hydrogen) atoms. The van der Waals surface area contributed by atoms with Gasteiger partial charge in [0.1, 0.15) is 6.61 Å². The highest BCUT2D eigenvalue weighted by Crippen LogP contribution is 2.45. The van der Waals surface area contributed by atoms with Crippen molar-refractivity contribution in [3.05, 3.63) is 95.1 Å². The lowest BCUT2D eigenvalue weighted by atomic mass is 9.97. The third kappa shape index (κ3) is 3.86. The summed E-state index contributed by atoms with van der Waals surface area (Å²) < 4.78 is 46.3. The Labute approximate surface area is 189 Å². The minimum Gasteiger partial charge on any atom is -0.448 e. The van der Waals surface area contributed by atoms with E-state index < -0.39 is 30.0 Å². The zero-order valence-corrected chi connectivity index (χ0v) is 17.6. The largest absolute Gasteiger partial charge is 0.448 e. The van der Waals surface area contributed by atoms with E-state index in [1.165, 1.54) is 23.1 Å². The minimum absolute atomic E-state index is 0.0251. The Morgan fingerprint density at radius 1 is 0.909 bits per heavy atom. The van der Waals surface area contributed by atoms with E-state index in [1.807, 2.05) is 48.5 Å². The summed E-state index contributed by atoms with van der Waals surface area (Å²) in [5.41, 5.74) is 3.43. The number of carbonyl (C=O) groups is 1. The molecule has 2 aliphatic rings. The van der Waals surface area contributed by atoms with Crippen LogP contribution < -0.4 is 0 Å². The highest BCUT2D eigenvalue weighted by molar-refractivity contribution is 5.79. The Morgan fingerprint density at radius 2 is 1.45 bits per heavy atom. The van der Waals surface area contributed by atoms with Crippen LogP contribution in [0.25, 0.3) is 11.1 Å². The van der Waals surface area contributed by atoms with Crippen molar-refractivity contribution in [3.8, 4) is 11.1 Å². The zero-order chi connectivity index (χ0) is 23.2. The molecule has 1 heterocycles. The molecule has 1 fully saturated rings. The zero-order valence-electron chi connectivity index (χ0n) is 17.6. The molecule has 1 saturated heterocycles. The SMILES string of the molecule is O=C(OCC1c2ccccc2-c2ccccc21)N1CC(O)CC1c1ccccc1C(F)(F)F. The Bertz CT molecular complexity index is 1150. The van der Waals surface area contributed by atoms with Crippen LogP contribution in [0.3, 0.4) is 0 Å². The molecule has 5 rings (SSSR count). The van der Waals surface area contributed by atoms with Crippen LogP contribution in [0.1, 0.15) is 40.6 Å². The second-order valence-electron chi connectivity index (χ2n) is 8.45. The molecule has 4 nitrogen and oxygen atoms in total. The first kappa shape index (κ1) is 21.5. The molecule has 3 aromatic carbocycles. The van der Waals surface area contributed by atoms with E-state index in [2.05, 4.69) is 0 Å². The van der Waals surface area contributed by atoms with Crippen molar-refractivity contribution in [1.29, 1.82) is 0 Å². The van der Waals surface area contributed by atoms with Crippen molar-refractivity contribution in [2.45, 2.75) is 30.7 Å². The first-order valence-corrected chi connectivity index (χ1v) is 10.8. The van der Waals surface area contributed by atoms with Gasteiger partial charge in [0.2, 0.25) is 0 Å². The average molecular weight is 453 g/mol. The highest BCUT2D eigenvalue weighted by atomic mass is 19.4. The number of β-amino-alcohol motifs (C(OH)–C–C–N with tert-alkyl or cyclic N) is 1. The van der Waals surface area contributed by atoms with Crippen LogP contribution in [0.4, 0.5) is 18.0 Å². The lowest BCUT2D eigenvalue weighted by molar-refractivity contribution is -0.138. The van der Waals surface area contributed by atoms with Crippen LogP contribution in [0.5, 0.6) is 0 Å². The summed E-state index contributed by atoms with van der Waals surface area (Å²) >= 11 is 0. The molecular weight excluding hydrogens is 431 g/mol. The summed E-state index contributed by atoms with van der Waals surface area (Å²) in [6, 6.07) is 20.1. The summed E-state index contributed by atoms with van der Waals surface area (Å²) in [6.07, 6.45) is -6.18. The van der Waals surface area contributed by atoms with Crippen molar-refractivity contribution in [3.63, 3.8) is 0 Å². The monoisotopic (exact) mass is 453 g/mol. The van der Waals surface area contributed by atoms with E-state index in [4.69, 9.17) is 4.74 Å². The quantitative estimate of drug-likeness (QED) is 0.548. The molecule has 1 aliphatic carbocycles. The van der Waals surface area contributed by atoms with Gasteiger partial charge in [0.05, 0.1) is 24.3 Å². The predicted octanol–water partition coefficient (Wildman–Crippen LogP) is 5.76. The van der Waals surface area contributed by atoms with Crippen molar-refractivity contribution < 1.29 is 27.8 Å². The maximum absolute atomic E-state index is 13.6. The molecule has 1 N–H and O–H groups in total. The van der Waals surface area contributed by atoms with Crippen molar-refractivity contribution in [2.75, 3.05) is 13.2 Å². The topological polar surface area (TPSA) is 49.8 Å². The summed E-state index contributed by atoms with van der Waals surface area (Å²) in [6.45, 7) is -0.0133. The average Bonchev–Trinajstić information content (AvgIpc) is 3.35. The molecular formula is C26H22F3NO3. The maximum atomic E-state index is 13.6. The van der Waals surface area contributed by atoms with Gasteiger partial charge in [0.15, 0.2) is 0 Å². The van der Waals surface area contributed by atoms with Gasteiger partial charge in [-0.05, 0) is 40.3 Å². The first-order chi connectivity index (χ1) is 15.8. The number of fused-ring (bicyclic) bond motifs is 3. The fourth-order valence-electron chi connectivity index (χ4n) is 5.03. The number of aliphatic hydroxyl groups is 1. The van der Waals surface area contributed by atoms with Crippen molar-refractivity contribution >= 4 is 6.09 Å². The number of amides is 1. The fraction of sp³-hybridized carbons (Fsp3) is 0.269. The van der Waals surface area contributed by atoms with Gasteiger partial charge < -0.3 is 9.84 Å². The smallest absolute Gasteiger partial charge is 0.416 e. The molecule has 7 heteroatoms. The maximum Gasteiger partial charge on any atom is 0.416 e. The number of alkyl halides is 3. The van der Waals surface area contributed by atoms with Gasteiger partial charge >= 0.3 is 12.3 Å². The molecule has 0 spiro atoms. The van der Waals surface area contributed by atoms with Gasteiger partial charge in [-0.15, -0.1) is 0 Å². The molecule has 1 amide bonds. The second kappa shape index (κ2) is 8.23. The molecule has 1 aliphatic heterocycles. The van der Waals surface area contributed by atoms with Crippen molar-refractivity contribution in [2.24, 2.45) is 0 Å². The summed E-state index contributed by atoms with van der Waals surface area (Å²) in [5, 5.41) is 10.2. The molecule has 0 aromatic heterocycles. The highest BCUT2D eigenvalue weighted by Gasteiger charge is 2.42. The van der Waals surface area contributed by atoms with E-state index in [9.17, 15) is 23.1 Å². The van der Waals surface area contributed by atoms with Gasteiger partial charge in [-0.1, -0.05) is 66.7 Å². The van der Waals surface area contributed by atoms with E-state index in [1.54, 1.807) is 0 Å².